The molecule has 0 aliphatic rings. The predicted octanol–water partition coefficient (Wildman–Crippen LogP) is 2.19. The topological polar surface area (TPSA) is 60.2 Å². The normalized spacial score (nSPS) is 15.1. The van der Waals surface area contributed by atoms with E-state index in [-0.39, 0.29) is 0 Å². The third kappa shape index (κ3) is 2.31. The molecule has 1 heterocycles. The maximum Gasteiger partial charge on any atom is 0.154 e. The summed E-state index contributed by atoms with van der Waals surface area (Å²) in [6.45, 7) is 7.33. The Morgan fingerprint density at radius 2 is 1.88 bits per heavy atom. The molecular formula is C11H19NO2S2. The molecule has 1 aromatic heterocycles. The minimum absolute atomic E-state index is 0.471. The molecule has 0 aliphatic heterocycles. The van der Waals surface area contributed by atoms with Crippen molar-refractivity contribution in [3.63, 3.8) is 0 Å². The van der Waals surface area contributed by atoms with Crippen LogP contribution in [0.4, 0.5) is 0 Å². The third-order valence-electron chi connectivity index (χ3n) is 3.07. The molecule has 1 unspecified atom stereocenters. The van der Waals surface area contributed by atoms with Crippen molar-refractivity contribution in [1.82, 2.24) is 0 Å². The maximum atomic E-state index is 11.7. The van der Waals surface area contributed by atoms with Gasteiger partial charge in [-0.25, -0.2) is 8.42 Å². The summed E-state index contributed by atoms with van der Waals surface area (Å²) < 4.78 is 22.5. The summed E-state index contributed by atoms with van der Waals surface area (Å²) in [6.07, 6.45) is 1.24. The van der Waals surface area contributed by atoms with Crippen LogP contribution in [0.1, 0.15) is 35.2 Å². The van der Waals surface area contributed by atoms with Crippen molar-refractivity contribution < 1.29 is 8.42 Å². The Balaban J connectivity index is 3.22. The lowest BCUT2D eigenvalue weighted by molar-refractivity contribution is 0.500. The summed E-state index contributed by atoms with van der Waals surface area (Å²) in [7, 11) is -3.18. The molecule has 0 fully saturated rings. The lowest BCUT2D eigenvalue weighted by Gasteiger charge is -2.29. The van der Waals surface area contributed by atoms with E-state index < -0.39 is 20.6 Å². The van der Waals surface area contributed by atoms with E-state index in [4.69, 9.17) is 5.73 Å². The van der Waals surface area contributed by atoms with Crippen LogP contribution in [0.15, 0.2) is 6.07 Å². The van der Waals surface area contributed by atoms with Gasteiger partial charge in [0.2, 0.25) is 0 Å². The first kappa shape index (κ1) is 13.7. The summed E-state index contributed by atoms with van der Waals surface area (Å²) in [6, 6.07) is 1.57. The second-order valence-electron chi connectivity index (χ2n) is 4.76. The Kier molecular flexibility index (Phi) is 3.53. The first-order valence-corrected chi connectivity index (χ1v) is 7.80. The number of aryl methyl sites for hydroxylation is 2. The summed E-state index contributed by atoms with van der Waals surface area (Å²) in [5, 5.41) is 0. The molecule has 0 bridgehead atoms. The number of nitrogens with two attached hydrogens (primary N) is 1. The number of rotatable bonds is 3. The lowest BCUT2D eigenvalue weighted by Crippen LogP contribution is -2.42. The molecule has 0 saturated carbocycles. The number of sulfone groups is 1. The van der Waals surface area contributed by atoms with Gasteiger partial charge in [0, 0.05) is 16.0 Å². The van der Waals surface area contributed by atoms with Gasteiger partial charge in [-0.1, -0.05) is 0 Å². The first-order chi connectivity index (χ1) is 7.07. The molecule has 92 valence electrons. The second kappa shape index (κ2) is 4.13. The number of thiophene rings is 1. The van der Waals surface area contributed by atoms with E-state index in [1.807, 2.05) is 19.9 Å². The number of hydrogen-bond acceptors (Lipinski definition) is 4. The fourth-order valence-electron chi connectivity index (χ4n) is 1.51. The van der Waals surface area contributed by atoms with Gasteiger partial charge in [-0.15, -0.1) is 11.3 Å². The molecule has 1 rings (SSSR count). The highest BCUT2D eigenvalue weighted by molar-refractivity contribution is 7.92. The summed E-state index contributed by atoms with van der Waals surface area (Å²) >= 11 is 1.58. The number of hydrogen-bond donors (Lipinski definition) is 1. The molecule has 3 nitrogen and oxygen atoms in total. The van der Waals surface area contributed by atoms with Crippen LogP contribution in [0.2, 0.25) is 0 Å². The Morgan fingerprint density at radius 1 is 1.38 bits per heavy atom. The molecule has 0 aliphatic carbocycles. The SMILES string of the molecule is Cc1cc(C)c(C(N)C(C)(C)S(C)(=O)=O)s1. The van der Waals surface area contributed by atoms with E-state index in [1.54, 1.807) is 25.2 Å². The van der Waals surface area contributed by atoms with E-state index in [0.29, 0.717) is 0 Å². The standard InChI is InChI=1S/C11H19NO2S2/c1-7-6-8(2)15-9(7)10(12)11(3,4)16(5,13)14/h6,10H,12H2,1-5H3. The molecule has 0 spiro atoms. The zero-order valence-corrected chi connectivity index (χ0v) is 12.0. The molecule has 1 atom stereocenters. The van der Waals surface area contributed by atoms with Gasteiger partial charge >= 0.3 is 0 Å². The average Bonchev–Trinajstić information content (AvgIpc) is 2.41. The smallest absolute Gasteiger partial charge is 0.154 e. The largest absolute Gasteiger partial charge is 0.322 e. The molecule has 0 amide bonds. The van der Waals surface area contributed by atoms with Gasteiger partial charge in [-0.05, 0) is 39.3 Å². The van der Waals surface area contributed by atoms with Crippen molar-refractivity contribution in [2.24, 2.45) is 5.73 Å². The highest BCUT2D eigenvalue weighted by atomic mass is 32.2. The first-order valence-electron chi connectivity index (χ1n) is 5.09. The minimum atomic E-state index is -3.18. The van der Waals surface area contributed by atoms with Crippen molar-refractivity contribution in [2.45, 2.75) is 38.5 Å². The zero-order chi connectivity index (χ0) is 12.7. The van der Waals surface area contributed by atoms with Crippen LogP contribution in [0, 0.1) is 13.8 Å². The van der Waals surface area contributed by atoms with Crippen molar-refractivity contribution >= 4 is 21.2 Å². The fraction of sp³-hybridized carbons (Fsp3) is 0.636. The van der Waals surface area contributed by atoms with Gasteiger partial charge < -0.3 is 5.73 Å². The van der Waals surface area contributed by atoms with Gasteiger partial charge in [0.15, 0.2) is 9.84 Å². The van der Waals surface area contributed by atoms with Gasteiger partial charge in [-0.3, -0.25) is 0 Å². The van der Waals surface area contributed by atoms with Gasteiger partial charge in [0.1, 0.15) is 0 Å². The van der Waals surface area contributed by atoms with Crippen LogP contribution < -0.4 is 5.73 Å². The van der Waals surface area contributed by atoms with E-state index >= 15 is 0 Å². The van der Waals surface area contributed by atoms with Crippen molar-refractivity contribution in [2.75, 3.05) is 6.26 Å². The average molecular weight is 261 g/mol. The van der Waals surface area contributed by atoms with E-state index in [0.717, 1.165) is 15.3 Å². The highest BCUT2D eigenvalue weighted by Gasteiger charge is 2.39. The van der Waals surface area contributed by atoms with Gasteiger partial charge in [-0.2, -0.15) is 0 Å². The second-order valence-corrected chi connectivity index (χ2v) is 8.64. The van der Waals surface area contributed by atoms with Crippen LogP contribution in [0.3, 0.4) is 0 Å². The summed E-state index contributed by atoms with van der Waals surface area (Å²) in [5.41, 5.74) is 7.18. The Labute approximate surface area is 102 Å². The van der Waals surface area contributed by atoms with Crippen LogP contribution in [-0.2, 0) is 9.84 Å². The van der Waals surface area contributed by atoms with Crippen molar-refractivity contribution in [1.29, 1.82) is 0 Å². The maximum absolute atomic E-state index is 11.7. The van der Waals surface area contributed by atoms with Gasteiger partial charge in [0.05, 0.1) is 10.8 Å². The Hall–Kier alpha value is -0.390. The molecule has 5 heteroatoms. The molecule has 0 saturated heterocycles. The van der Waals surface area contributed by atoms with Crippen LogP contribution in [0.25, 0.3) is 0 Å². The molecule has 0 aromatic carbocycles. The van der Waals surface area contributed by atoms with E-state index in [9.17, 15) is 8.42 Å². The lowest BCUT2D eigenvalue weighted by atomic mass is 10.0. The quantitative estimate of drug-likeness (QED) is 0.907. The van der Waals surface area contributed by atoms with Crippen molar-refractivity contribution in [3.8, 4) is 0 Å². The van der Waals surface area contributed by atoms with E-state index in [1.165, 1.54) is 6.26 Å². The minimum Gasteiger partial charge on any atom is -0.322 e. The fourth-order valence-corrected chi connectivity index (χ4v) is 3.39. The van der Waals surface area contributed by atoms with Crippen molar-refractivity contribution in [3.05, 3.63) is 21.4 Å². The van der Waals surface area contributed by atoms with Crippen LogP contribution >= 0.6 is 11.3 Å². The van der Waals surface area contributed by atoms with Gasteiger partial charge in [0.25, 0.3) is 0 Å². The molecule has 2 N–H and O–H groups in total. The highest BCUT2D eigenvalue weighted by Crippen LogP contribution is 2.36. The van der Waals surface area contributed by atoms with Crippen LogP contribution in [0.5, 0.6) is 0 Å². The third-order valence-corrected chi connectivity index (χ3v) is 6.47. The predicted molar refractivity (Wildman–Crippen MR) is 69.6 cm³/mol. The summed E-state index contributed by atoms with van der Waals surface area (Å²) in [5.74, 6) is 0. The zero-order valence-electron chi connectivity index (χ0n) is 10.4. The molecule has 0 radical (unpaired) electrons. The summed E-state index contributed by atoms with van der Waals surface area (Å²) in [4.78, 5) is 2.13. The van der Waals surface area contributed by atoms with Crippen LogP contribution in [-0.4, -0.2) is 19.4 Å². The monoisotopic (exact) mass is 261 g/mol. The molecule has 16 heavy (non-hydrogen) atoms. The molecular weight excluding hydrogens is 242 g/mol. The molecule has 1 aromatic rings. The van der Waals surface area contributed by atoms with E-state index in [2.05, 4.69) is 0 Å². The Bertz CT molecular complexity index is 486. The Morgan fingerprint density at radius 3 is 2.19 bits per heavy atom.